The molecule has 2 rings (SSSR count). The lowest BCUT2D eigenvalue weighted by Gasteiger charge is -2.34. The summed E-state index contributed by atoms with van der Waals surface area (Å²) in [5.41, 5.74) is 7.58. The lowest BCUT2D eigenvalue weighted by molar-refractivity contribution is -0.128. The average molecular weight is 288 g/mol. The zero-order valence-corrected chi connectivity index (χ0v) is 13.6. The normalized spacial score (nSPS) is 17.2. The molecule has 1 aliphatic rings. The van der Waals surface area contributed by atoms with E-state index in [0.29, 0.717) is 12.5 Å². The lowest BCUT2D eigenvalue weighted by atomic mass is 9.77. The second-order valence-corrected chi connectivity index (χ2v) is 6.82. The van der Waals surface area contributed by atoms with E-state index in [1.165, 1.54) is 12.8 Å². The summed E-state index contributed by atoms with van der Waals surface area (Å²) in [4.78, 5) is 14.9. The van der Waals surface area contributed by atoms with Gasteiger partial charge in [-0.2, -0.15) is 0 Å². The molecule has 0 atom stereocenters. The third-order valence-electron chi connectivity index (χ3n) is 4.65. The highest BCUT2D eigenvalue weighted by molar-refractivity contribution is 5.97. The summed E-state index contributed by atoms with van der Waals surface area (Å²) in [6.45, 7) is 4.93. The topological polar surface area (TPSA) is 46.3 Å². The highest BCUT2D eigenvalue weighted by Crippen LogP contribution is 2.45. The van der Waals surface area contributed by atoms with Gasteiger partial charge in [0.25, 0.3) is 0 Å². The molecule has 0 bridgehead atoms. The Morgan fingerprint density at radius 2 is 2.00 bits per heavy atom. The molecule has 1 aliphatic carbocycles. The van der Waals surface area contributed by atoms with Gasteiger partial charge < -0.3 is 10.6 Å². The second-order valence-electron chi connectivity index (χ2n) is 6.82. The molecule has 2 N–H and O–H groups in total. The number of carbonyl (C=O) groups is 1. The summed E-state index contributed by atoms with van der Waals surface area (Å²) in [5, 5.41) is 0. The molecule has 1 amide bonds. The van der Waals surface area contributed by atoms with Crippen molar-refractivity contribution in [2.75, 3.05) is 11.9 Å². The summed E-state index contributed by atoms with van der Waals surface area (Å²) in [7, 11) is 1.90. The predicted octanol–water partition coefficient (Wildman–Crippen LogP) is 3.71. The quantitative estimate of drug-likeness (QED) is 0.897. The Hall–Kier alpha value is -1.35. The fraction of sp³-hybridized carbons (Fsp3) is 0.611. The van der Waals surface area contributed by atoms with Crippen LogP contribution in [-0.4, -0.2) is 13.0 Å². The fourth-order valence-electron chi connectivity index (χ4n) is 3.70. The van der Waals surface area contributed by atoms with Gasteiger partial charge in [0.1, 0.15) is 0 Å². The van der Waals surface area contributed by atoms with Crippen molar-refractivity contribution < 1.29 is 4.79 Å². The van der Waals surface area contributed by atoms with Gasteiger partial charge in [-0.25, -0.2) is 0 Å². The zero-order chi connectivity index (χ0) is 15.5. The minimum atomic E-state index is -0.151. The molecule has 0 saturated heterocycles. The Morgan fingerprint density at radius 3 is 2.57 bits per heavy atom. The smallest absolute Gasteiger partial charge is 0.232 e. The Morgan fingerprint density at radius 1 is 1.33 bits per heavy atom. The van der Waals surface area contributed by atoms with E-state index in [2.05, 4.69) is 13.8 Å². The van der Waals surface area contributed by atoms with Crippen LogP contribution in [0.1, 0.15) is 51.5 Å². The zero-order valence-electron chi connectivity index (χ0n) is 13.6. The van der Waals surface area contributed by atoms with Crippen LogP contribution in [0.25, 0.3) is 0 Å². The molecule has 0 aromatic heterocycles. The minimum absolute atomic E-state index is 0.151. The summed E-state index contributed by atoms with van der Waals surface area (Å²) < 4.78 is 0. The van der Waals surface area contributed by atoms with E-state index < -0.39 is 0 Å². The van der Waals surface area contributed by atoms with Gasteiger partial charge in [-0.15, -0.1) is 0 Å². The number of nitrogens with two attached hydrogens (primary N) is 1. The van der Waals surface area contributed by atoms with E-state index in [9.17, 15) is 4.79 Å². The molecule has 3 nitrogen and oxygen atoms in total. The molecule has 0 heterocycles. The molecule has 0 spiro atoms. The van der Waals surface area contributed by atoms with Crippen LogP contribution in [0.2, 0.25) is 0 Å². The van der Waals surface area contributed by atoms with Crippen LogP contribution >= 0.6 is 0 Å². The molecule has 3 heteroatoms. The minimum Gasteiger partial charge on any atom is -0.326 e. The number of amides is 1. The van der Waals surface area contributed by atoms with Crippen molar-refractivity contribution in [1.29, 1.82) is 0 Å². The number of rotatable bonds is 5. The van der Waals surface area contributed by atoms with Crippen LogP contribution in [0.3, 0.4) is 0 Å². The van der Waals surface area contributed by atoms with Crippen molar-refractivity contribution >= 4 is 11.6 Å². The fourth-order valence-corrected chi connectivity index (χ4v) is 3.70. The van der Waals surface area contributed by atoms with Crippen molar-refractivity contribution in [2.45, 2.75) is 52.5 Å². The van der Waals surface area contributed by atoms with Gasteiger partial charge in [-0.1, -0.05) is 38.8 Å². The van der Waals surface area contributed by atoms with Crippen molar-refractivity contribution in [3.05, 3.63) is 29.8 Å². The van der Waals surface area contributed by atoms with Gasteiger partial charge in [0.05, 0.1) is 0 Å². The first-order valence-electron chi connectivity index (χ1n) is 8.06. The Bertz CT molecular complexity index is 490. The lowest BCUT2D eigenvalue weighted by Crippen LogP contribution is -2.41. The number of hydrogen-bond acceptors (Lipinski definition) is 2. The van der Waals surface area contributed by atoms with Crippen LogP contribution in [0.5, 0.6) is 0 Å². The van der Waals surface area contributed by atoms with E-state index in [1.54, 1.807) is 0 Å². The van der Waals surface area contributed by atoms with Crippen LogP contribution in [0.15, 0.2) is 24.3 Å². The van der Waals surface area contributed by atoms with Crippen LogP contribution in [0.4, 0.5) is 5.69 Å². The molecular weight excluding hydrogens is 260 g/mol. The van der Waals surface area contributed by atoms with Crippen molar-refractivity contribution in [3.63, 3.8) is 0 Å². The second kappa shape index (κ2) is 6.61. The summed E-state index contributed by atoms with van der Waals surface area (Å²) in [6.07, 6.45) is 5.41. The largest absolute Gasteiger partial charge is 0.326 e. The molecule has 0 radical (unpaired) electrons. The predicted molar refractivity (Wildman–Crippen MR) is 88.1 cm³/mol. The van der Waals surface area contributed by atoms with E-state index >= 15 is 0 Å². The van der Waals surface area contributed by atoms with E-state index in [4.69, 9.17) is 5.73 Å². The van der Waals surface area contributed by atoms with E-state index in [0.717, 1.165) is 30.5 Å². The van der Waals surface area contributed by atoms with Crippen LogP contribution in [-0.2, 0) is 11.3 Å². The third kappa shape index (κ3) is 3.46. The maximum atomic E-state index is 13.1. The molecule has 1 saturated carbocycles. The number of carbonyl (C=O) groups excluding carboxylic acids is 1. The average Bonchev–Trinajstić information content (AvgIpc) is 2.94. The first kappa shape index (κ1) is 16.0. The Kier molecular flexibility index (Phi) is 5.04. The van der Waals surface area contributed by atoms with Gasteiger partial charge in [-0.05, 0) is 42.9 Å². The standard InChI is InChI=1S/C18H28N2O/c1-14(2)12-18(9-4-5-10-18)17(21)20(3)16-8-6-7-15(11-16)13-19/h6-8,11,14H,4-5,9-10,12-13,19H2,1-3H3. The first-order chi connectivity index (χ1) is 9.98. The highest BCUT2D eigenvalue weighted by Gasteiger charge is 2.43. The molecule has 1 fully saturated rings. The molecule has 1 aromatic carbocycles. The first-order valence-corrected chi connectivity index (χ1v) is 8.06. The molecule has 116 valence electrons. The van der Waals surface area contributed by atoms with Crippen LogP contribution < -0.4 is 10.6 Å². The molecule has 21 heavy (non-hydrogen) atoms. The van der Waals surface area contributed by atoms with Gasteiger partial charge in [-0.3, -0.25) is 4.79 Å². The number of benzene rings is 1. The third-order valence-corrected chi connectivity index (χ3v) is 4.65. The molecule has 1 aromatic rings. The monoisotopic (exact) mass is 288 g/mol. The summed E-state index contributed by atoms with van der Waals surface area (Å²) >= 11 is 0. The summed E-state index contributed by atoms with van der Waals surface area (Å²) in [6, 6.07) is 8.00. The molecule has 0 unspecified atom stereocenters. The Balaban J connectivity index is 2.23. The van der Waals surface area contributed by atoms with Gasteiger partial charge in [0, 0.05) is 24.7 Å². The van der Waals surface area contributed by atoms with E-state index in [-0.39, 0.29) is 11.3 Å². The molecule has 0 aliphatic heterocycles. The van der Waals surface area contributed by atoms with Gasteiger partial charge in [0.15, 0.2) is 0 Å². The Labute approximate surface area is 128 Å². The van der Waals surface area contributed by atoms with Crippen molar-refractivity contribution in [1.82, 2.24) is 0 Å². The van der Waals surface area contributed by atoms with Crippen molar-refractivity contribution in [3.8, 4) is 0 Å². The van der Waals surface area contributed by atoms with Gasteiger partial charge in [0.2, 0.25) is 5.91 Å². The maximum Gasteiger partial charge on any atom is 0.232 e. The summed E-state index contributed by atoms with van der Waals surface area (Å²) in [5.74, 6) is 0.832. The van der Waals surface area contributed by atoms with E-state index in [1.807, 2.05) is 36.2 Å². The SMILES string of the molecule is CC(C)CC1(C(=O)N(C)c2cccc(CN)c2)CCCC1. The van der Waals surface area contributed by atoms with Crippen molar-refractivity contribution in [2.24, 2.45) is 17.1 Å². The highest BCUT2D eigenvalue weighted by atomic mass is 16.2. The number of nitrogens with zero attached hydrogens (tertiary/aromatic N) is 1. The van der Waals surface area contributed by atoms with Crippen LogP contribution in [0, 0.1) is 11.3 Å². The maximum absolute atomic E-state index is 13.1. The van der Waals surface area contributed by atoms with Gasteiger partial charge >= 0.3 is 0 Å². The molecular formula is C18H28N2O. The number of hydrogen-bond donors (Lipinski definition) is 1. The number of anilines is 1.